The molecule has 1 aromatic heterocycles. The highest BCUT2D eigenvalue weighted by Gasteiger charge is 2.10. The van der Waals surface area contributed by atoms with Crippen molar-refractivity contribution < 1.29 is 4.74 Å². The largest absolute Gasteiger partial charge is 0.492 e. The van der Waals surface area contributed by atoms with E-state index in [0.717, 1.165) is 29.1 Å². The van der Waals surface area contributed by atoms with Crippen LogP contribution in [0.3, 0.4) is 0 Å². The standard InChI is InChI=1S/C25H26N2O2/c28-25-20-22(9-8-21-6-2-1-3-7-21)14-17-27(25)23-10-12-24(13-11-23)29-19-18-26-15-4-5-16-26/h1-3,6-14,17,20H,4-5,15-16,18-19H2. The van der Waals surface area contributed by atoms with Gasteiger partial charge in [0.15, 0.2) is 0 Å². The lowest BCUT2D eigenvalue weighted by molar-refractivity contribution is 0.238. The maximum absolute atomic E-state index is 12.5. The minimum absolute atomic E-state index is 0.0529. The summed E-state index contributed by atoms with van der Waals surface area (Å²) in [7, 11) is 0. The highest BCUT2D eigenvalue weighted by molar-refractivity contribution is 5.69. The van der Waals surface area contributed by atoms with E-state index in [1.165, 1.54) is 25.9 Å². The summed E-state index contributed by atoms with van der Waals surface area (Å²) in [5, 5.41) is 0. The lowest BCUT2D eigenvalue weighted by Gasteiger charge is -2.15. The van der Waals surface area contributed by atoms with Gasteiger partial charge < -0.3 is 4.74 Å². The molecule has 2 aromatic carbocycles. The molecular weight excluding hydrogens is 360 g/mol. The second-order valence-corrected chi connectivity index (χ2v) is 7.30. The van der Waals surface area contributed by atoms with Crippen LogP contribution in [0.5, 0.6) is 5.75 Å². The van der Waals surface area contributed by atoms with Crippen molar-refractivity contribution in [2.45, 2.75) is 12.8 Å². The maximum atomic E-state index is 12.5. The molecule has 4 rings (SSSR count). The normalized spacial score (nSPS) is 14.5. The van der Waals surface area contributed by atoms with Crippen molar-refractivity contribution >= 4 is 12.2 Å². The fourth-order valence-corrected chi connectivity index (χ4v) is 3.57. The zero-order valence-electron chi connectivity index (χ0n) is 16.5. The van der Waals surface area contributed by atoms with E-state index in [-0.39, 0.29) is 5.56 Å². The first-order valence-corrected chi connectivity index (χ1v) is 10.2. The Morgan fingerprint density at radius 1 is 0.862 bits per heavy atom. The monoisotopic (exact) mass is 386 g/mol. The molecule has 4 nitrogen and oxygen atoms in total. The van der Waals surface area contributed by atoms with Crippen LogP contribution in [-0.2, 0) is 0 Å². The maximum Gasteiger partial charge on any atom is 0.255 e. The van der Waals surface area contributed by atoms with Crippen molar-refractivity contribution in [2.75, 3.05) is 26.2 Å². The Bertz CT molecular complexity index is 1000. The van der Waals surface area contributed by atoms with Gasteiger partial charge in [-0.15, -0.1) is 0 Å². The van der Waals surface area contributed by atoms with Crippen molar-refractivity contribution in [3.63, 3.8) is 0 Å². The first-order valence-electron chi connectivity index (χ1n) is 10.2. The van der Waals surface area contributed by atoms with Crippen LogP contribution in [0.2, 0.25) is 0 Å². The molecule has 0 saturated carbocycles. The van der Waals surface area contributed by atoms with Crippen LogP contribution in [0.1, 0.15) is 24.0 Å². The Balaban J connectivity index is 1.38. The Kier molecular flexibility index (Phi) is 6.22. The van der Waals surface area contributed by atoms with Gasteiger partial charge in [-0.2, -0.15) is 0 Å². The molecule has 148 valence electrons. The van der Waals surface area contributed by atoms with Gasteiger partial charge in [-0.1, -0.05) is 42.5 Å². The van der Waals surface area contributed by atoms with Gasteiger partial charge in [0, 0.05) is 24.5 Å². The summed E-state index contributed by atoms with van der Waals surface area (Å²) in [6.07, 6.45) is 8.37. The summed E-state index contributed by atoms with van der Waals surface area (Å²) < 4.78 is 7.49. The summed E-state index contributed by atoms with van der Waals surface area (Å²) >= 11 is 0. The third-order valence-corrected chi connectivity index (χ3v) is 5.20. The van der Waals surface area contributed by atoms with E-state index >= 15 is 0 Å². The Morgan fingerprint density at radius 3 is 2.31 bits per heavy atom. The van der Waals surface area contributed by atoms with Crippen LogP contribution >= 0.6 is 0 Å². The number of rotatable bonds is 7. The quantitative estimate of drug-likeness (QED) is 0.600. The fraction of sp³-hybridized carbons (Fsp3) is 0.240. The molecule has 0 spiro atoms. The first-order chi connectivity index (χ1) is 14.3. The number of pyridine rings is 1. The molecule has 1 fully saturated rings. The van der Waals surface area contributed by atoms with Gasteiger partial charge in [0.05, 0.1) is 0 Å². The van der Waals surface area contributed by atoms with Crippen molar-refractivity contribution in [3.8, 4) is 11.4 Å². The highest BCUT2D eigenvalue weighted by Crippen LogP contribution is 2.15. The molecule has 3 aromatic rings. The third kappa shape index (κ3) is 5.24. The van der Waals surface area contributed by atoms with Gasteiger partial charge >= 0.3 is 0 Å². The molecule has 0 bridgehead atoms. The fourth-order valence-electron chi connectivity index (χ4n) is 3.57. The molecule has 0 N–H and O–H groups in total. The van der Waals surface area contributed by atoms with Crippen molar-refractivity contribution in [1.82, 2.24) is 9.47 Å². The molecule has 2 heterocycles. The molecule has 1 aliphatic rings. The van der Waals surface area contributed by atoms with Crippen LogP contribution in [0.15, 0.2) is 77.7 Å². The predicted molar refractivity (Wildman–Crippen MR) is 119 cm³/mol. The minimum atomic E-state index is -0.0529. The second kappa shape index (κ2) is 9.39. The molecule has 0 amide bonds. The lowest BCUT2D eigenvalue weighted by atomic mass is 10.1. The van der Waals surface area contributed by atoms with Crippen LogP contribution in [0.4, 0.5) is 0 Å². The second-order valence-electron chi connectivity index (χ2n) is 7.30. The molecule has 4 heteroatoms. The van der Waals surface area contributed by atoms with Crippen molar-refractivity contribution in [2.24, 2.45) is 0 Å². The van der Waals surface area contributed by atoms with Gasteiger partial charge in [-0.25, -0.2) is 0 Å². The van der Waals surface area contributed by atoms with E-state index in [0.29, 0.717) is 6.61 Å². The van der Waals surface area contributed by atoms with Crippen LogP contribution in [-0.4, -0.2) is 35.7 Å². The summed E-state index contributed by atoms with van der Waals surface area (Å²) in [6.45, 7) is 4.03. The van der Waals surface area contributed by atoms with Gasteiger partial charge in [-0.3, -0.25) is 14.3 Å². The number of likely N-dealkylation sites (tertiary alicyclic amines) is 1. The predicted octanol–water partition coefficient (Wildman–Crippen LogP) is 4.48. The summed E-state index contributed by atoms with van der Waals surface area (Å²) in [5.41, 5.74) is 2.78. The van der Waals surface area contributed by atoms with E-state index in [2.05, 4.69) is 4.90 Å². The molecule has 1 saturated heterocycles. The molecule has 1 aliphatic heterocycles. The number of nitrogens with zero attached hydrogens (tertiary/aromatic N) is 2. The molecule has 0 unspecified atom stereocenters. The van der Waals surface area contributed by atoms with E-state index < -0.39 is 0 Å². The molecule has 0 atom stereocenters. The lowest BCUT2D eigenvalue weighted by Crippen LogP contribution is -2.25. The van der Waals surface area contributed by atoms with E-state index in [1.54, 1.807) is 10.6 Å². The SMILES string of the molecule is O=c1cc(C=Cc2ccccc2)ccn1-c1ccc(OCCN2CCCC2)cc1. The van der Waals surface area contributed by atoms with Gasteiger partial charge in [-0.05, 0) is 67.4 Å². The molecular formula is C25H26N2O2. The van der Waals surface area contributed by atoms with Crippen molar-refractivity contribution in [1.29, 1.82) is 0 Å². The number of aromatic nitrogens is 1. The third-order valence-electron chi connectivity index (χ3n) is 5.20. The van der Waals surface area contributed by atoms with Gasteiger partial charge in [0.1, 0.15) is 12.4 Å². The van der Waals surface area contributed by atoms with E-state index in [9.17, 15) is 4.79 Å². The number of hydrogen-bond donors (Lipinski definition) is 0. The number of benzene rings is 2. The van der Waals surface area contributed by atoms with Gasteiger partial charge in [0.25, 0.3) is 5.56 Å². The Hall–Kier alpha value is -3.11. The highest BCUT2D eigenvalue weighted by atomic mass is 16.5. The van der Waals surface area contributed by atoms with Crippen molar-refractivity contribution in [3.05, 3.63) is 94.4 Å². The molecule has 0 radical (unpaired) electrons. The topological polar surface area (TPSA) is 34.5 Å². The number of hydrogen-bond acceptors (Lipinski definition) is 3. The summed E-state index contributed by atoms with van der Waals surface area (Å²) in [6, 6.07) is 21.3. The zero-order chi connectivity index (χ0) is 19.9. The minimum Gasteiger partial charge on any atom is -0.492 e. The summed E-state index contributed by atoms with van der Waals surface area (Å²) in [4.78, 5) is 15.0. The van der Waals surface area contributed by atoms with E-state index in [4.69, 9.17) is 4.74 Å². The molecule has 0 aliphatic carbocycles. The number of ether oxygens (including phenoxy) is 1. The average molecular weight is 386 g/mol. The van der Waals surface area contributed by atoms with Gasteiger partial charge in [0.2, 0.25) is 0 Å². The van der Waals surface area contributed by atoms with Crippen LogP contribution < -0.4 is 10.3 Å². The smallest absolute Gasteiger partial charge is 0.255 e. The van der Waals surface area contributed by atoms with E-state index in [1.807, 2.05) is 79.0 Å². The summed E-state index contributed by atoms with van der Waals surface area (Å²) in [5.74, 6) is 0.836. The first kappa shape index (κ1) is 19.2. The zero-order valence-corrected chi connectivity index (χ0v) is 16.5. The Morgan fingerprint density at radius 2 is 1.59 bits per heavy atom. The molecule has 29 heavy (non-hydrogen) atoms. The van der Waals surface area contributed by atoms with Crippen LogP contribution in [0, 0.1) is 0 Å². The Labute approximate surface area is 171 Å². The van der Waals surface area contributed by atoms with Crippen LogP contribution in [0.25, 0.3) is 17.8 Å². The average Bonchev–Trinajstić information content (AvgIpc) is 3.27.